The van der Waals surface area contributed by atoms with E-state index >= 15 is 0 Å². The van der Waals surface area contributed by atoms with Gasteiger partial charge in [-0.05, 0) is 89.3 Å². The van der Waals surface area contributed by atoms with E-state index in [9.17, 15) is 0 Å². The molecule has 1 aromatic heterocycles. The van der Waals surface area contributed by atoms with Crippen LogP contribution in [0.25, 0.3) is 100.0 Å². The minimum absolute atomic E-state index is 0.123. The van der Waals surface area contributed by atoms with Crippen LogP contribution in [-0.4, -0.2) is 9.97 Å². The van der Waals surface area contributed by atoms with Crippen LogP contribution < -0.4 is 0 Å². The largest absolute Gasteiger partial charge is 0.228 e. The zero-order chi connectivity index (χ0) is 39.5. The molecular weight excluding hydrogens is 713 g/mol. The third-order valence-electron chi connectivity index (χ3n) is 12.3. The van der Waals surface area contributed by atoms with Gasteiger partial charge in [-0.1, -0.05) is 208 Å². The predicted molar refractivity (Wildman–Crippen MR) is 247 cm³/mol. The Balaban J connectivity index is 1.00. The monoisotopic (exact) mass is 752 g/mol. The van der Waals surface area contributed by atoms with Gasteiger partial charge in [-0.3, -0.25) is 0 Å². The lowest BCUT2D eigenvalue weighted by molar-refractivity contribution is 0.662. The summed E-state index contributed by atoms with van der Waals surface area (Å²) in [7, 11) is 0. The van der Waals surface area contributed by atoms with E-state index in [0.717, 1.165) is 39.0 Å². The lowest BCUT2D eigenvalue weighted by Crippen LogP contribution is -2.16. The highest BCUT2D eigenvalue weighted by Crippen LogP contribution is 2.54. The van der Waals surface area contributed by atoms with Crippen molar-refractivity contribution in [1.82, 2.24) is 9.97 Å². The summed E-state index contributed by atoms with van der Waals surface area (Å²) in [6, 6.07) is 74.2. The topological polar surface area (TPSA) is 25.8 Å². The first-order valence-corrected chi connectivity index (χ1v) is 20.4. The molecule has 9 aromatic carbocycles. The second-order valence-corrected chi connectivity index (χ2v) is 16.1. The van der Waals surface area contributed by atoms with E-state index < -0.39 is 0 Å². The molecule has 278 valence electrons. The van der Waals surface area contributed by atoms with Crippen LogP contribution in [0.4, 0.5) is 0 Å². The van der Waals surface area contributed by atoms with Crippen LogP contribution in [0.5, 0.6) is 0 Å². The average Bonchev–Trinajstić information content (AvgIpc) is 3.55. The molecule has 2 heteroatoms. The van der Waals surface area contributed by atoms with Gasteiger partial charge < -0.3 is 0 Å². The number of hydrogen-bond acceptors (Lipinski definition) is 2. The lowest BCUT2D eigenvalue weighted by Gasteiger charge is -2.24. The third kappa shape index (κ3) is 5.87. The summed E-state index contributed by atoms with van der Waals surface area (Å²) in [4.78, 5) is 10.4. The van der Waals surface area contributed by atoms with Gasteiger partial charge in [-0.15, -0.1) is 0 Å². The fraction of sp³-hybridized carbons (Fsp3) is 0.0526. The van der Waals surface area contributed by atoms with Crippen molar-refractivity contribution in [2.45, 2.75) is 19.3 Å². The molecule has 1 aliphatic rings. The molecule has 0 N–H and O–H groups in total. The number of nitrogens with zero attached hydrogens (tertiary/aromatic N) is 2. The molecule has 0 unspecified atom stereocenters. The van der Waals surface area contributed by atoms with Gasteiger partial charge in [0.25, 0.3) is 0 Å². The molecule has 0 saturated carbocycles. The van der Waals surface area contributed by atoms with Crippen LogP contribution in [-0.2, 0) is 5.41 Å². The summed E-state index contributed by atoms with van der Waals surface area (Å²) in [5, 5.41) is 4.96. The van der Waals surface area contributed by atoms with Crippen LogP contribution in [0.3, 0.4) is 0 Å². The van der Waals surface area contributed by atoms with Gasteiger partial charge in [0.05, 0.1) is 11.4 Å². The van der Waals surface area contributed by atoms with E-state index in [2.05, 4.69) is 202 Å². The number of aromatic nitrogens is 2. The first kappa shape index (κ1) is 34.8. The summed E-state index contributed by atoms with van der Waals surface area (Å²) in [5.41, 5.74) is 17.5. The van der Waals surface area contributed by atoms with Crippen LogP contribution >= 0.6 is 0 Å². The average molecular weight is 753 g/mol. The number of hydrogen-bond donors (Lipinski definition) is 0. The SMILES string of the molecule is CC1(C)c2ccc3ccccc3c2-c2cccc(-c3ccc(-c4ccc(-c5cc(-c6cccc(-c7ccccc7)c6)nc(-c6ccccc6)n5)c5ccccc45)cc3)c21. The van der Waals surface area contributed by atoms with Crippen molar-refractivity contribution in [2.75, 3.05) is 0 Å². The quantitative estimate of drug-likeness (QED) is 0.169. The van der Waals surface area contributed by atoms with Crippen LogP contribution in [0, 0.1) is 0 Å². The van der Waals surface area contributed by atoms with Gasteiger partial charge in [0.15, 0.2) is 5.82 Å². The normalized spacial score (nSPS) is 12.7. The fourth-order valence-electron chi connectivity index (χ4n) is 9.43. The summed E-state index contributed by atoms with van der Waals surface area (Å²) in [5.74, 6) is 0.707. The summed E-state index contributed by atoms with van der Waals surface area (Å²) in [6.07, 6.45) is 0. The molecule has 1 heterocycles. The summed E-state index contributed by atoms with van der Waals surface area (Å²) in [6.45, 7) is 4.76. The number of benzene rings is 9. The molecule has 11 rings (SSSR count). The first-order valence-electron chi connectivity index (χ1n) is 20.4. The molecule has 0 saturated heterocycles. The molecule has 0 atom stereocenters. The van der Waals surface area contributed by atoms with Crippen molar-refractivity contribution in [2.24, 2.45) is 0 Å². The molecule has 1 aliphatic carbocycles. The van der Waals surface area contributed by atoms with Crippen LogP contribution in [0.1, 0.15) is 25.0 Å². The highest BCUT2D eigenvalue weighted by atomic mass is 14.9. The van der Waals surface area contributed by atoms with Crippen molar-refractivity contribution in [3.05, 3.63) is 217 Å². The Morgan fingerprint density at radius 1 is 0.339 bits per heavy atom. The van der Waals surface area contributed by atoms with Gasteiger partial charge in [0.1, 0.15) is 0 Å². The summed E-state index contributed by atoms with van der Waals surface area (Å²) >= 11 is 0. The molecule has 0 aliphatic heterocycles. The van der Waals surface area contributed by atoms with Gasteiger partial charge >= 0.3 is 0 Å². The molecule has 0 radical (unpaired) electrons. The number of rotatable bonds is 6. The fourth-order valence-corrected chi connectivity index (χ4v) is 9.43. The van der Waals surface area contributed by atoms with E-state index in [0.29, 0.717) is 5.82 Å². The Bertz CT molecular complexity index is 3220. The predicted octanol–water partition coefficient (Wildman–Crippen LogP) is 15.1. The molecule has 10 aromatic rings. The Kier molecular flexibility index (Phi) is 8.20. The maximum absolute atomic E-state index is 5.24. The van der Waals surface area contributed by atoms with E-state index in [1.807, 2.05) is 18.2 Å². The molecule has 59 heavy (non-hydrogen) atoms. The summed E-state index contributed by atoms with van der Waals surface area (Å²) < 4.78 is 0. The Labute approximate surface area is 345 Å². The third-order valence-corrected chi connectivity index (χ3v) is 12.3. The van der Waals surface area contributed by atoms with Gasteiger partial charge in [0.2, 0.25) is 0 Å². The standard InChI is InChI=1S/C57H40N2/c1-57(2)51-34-31-38-17-9-10-22-45(38)54(51)50-26-14-25-46(55(50)57)40-29-27-39(28-30-40)44-32-33-49(48-24-12-11-23-47(44)48)53-36-52(58-56(59-53)41-18-7-4-8-19-41)43-21-13-20-42(35-43)37-15-5-3-6-16-37/h3-36H,1-2H3. The molecule has 2 nitrogen and oxygen atoms in total. The van der Waals surface area contributed by atoms with Crippen molar-refractivity contribution in [3.8, 4) is 78.4 Å². The molecule has 0 spiro atoms. The van der Waals surface area contributed by atoms with E-state index in [4.69, 9.17) is 9.97 Å². The second kappa shape index (κ2) is 13.9. The zero-order valence-corrected chi connectivity index (χ0v) is 33.0. The maximum atomic E-state index is 5.24. The van der Waals surface area contributed by atoms with Crippen molar-refractivity contribution in [3.63, 3.8) is 0 Å². The highest BCUT2D eigenvalue weighted by Gasteiger charge is 2.38. The van der Waals surface area contributed by atoms with E-state index in [1.165, 1.54) is 66.2 Å². The van der Waals surface area contributed by atoms with E-state index in [-0.39, 0.29) is 5.41 Å². The molecule has 0 amide bonds. The maximum Gasteiger partial charge on any atom is 0.160 e. The van der Waals surface area contributed by atoms with Gasteiger partial charge in [-0.2, -0.15) is 0 Å². The van der Waals surface area contributed by atoms with Crippen molar-refractivity contribution >= 4 is 21.5 Å². The van der Waals surface area contributed by atoms with Gasteiger partial charge in [0, 0.05) is 22.1 Å². The minimum atomic E-state index is -0.123. The van der Waals surface area contributed by atoms with E-state index in [1.54, 1.807) is 0 Å². The highest BCUT2D eigenvalue weighted by molar-refractivity contribution is 6.06. The molecule has 0 bridgehead atoms. The Morgan fingerprint density at radius 2 is 0.898 bits per heavy atom. The Morgan fingerprint density at radius 3 is 1.66 bits per heavy atom. The molecular formula is C57H40N2. The van der Waals surface area contributed by atoms with Crippen LogP contribution in [0.15, 0.2) is 206 Å². The van der Waals surface area contributed by atoms with Gasteiger partial charge in [-0.25, -0.2) is 9.97 Å². The first-order chi connectivity index (χ1) is 29.0. The van der Waals surface area contributed by atoms with Crippen molar-refractivity contribution in [1.29, 1.82) is 0 Å². The minimum Gasteiger partial charge on any atom is -0.228 e. The van der Waals surface area contributed by atoms with Crippen molar-refractivity contribution < 1.29 is 0 Å². The molecule has 0 fully saturated rings. The number of fused-ring (bicyclic) bond motifs is 6. The Hall–Kier alpha value is -7.42. The zero-order valence-electron chi connectivity index (χ0n) is 33.0. The lowest BCUT2D eigenvalue weighted by atomic mass is 9.78. The second-order valence-electron chi connectivity index (χ2n) is 16.1. The van der Waals surface area contributed by atoms with Crippen LogP contribution in [0.2, 0.25) is 0 Å². The smallest absolute Gasteiger partial charge is 0.160 e.